The molecule has 1 heterocycles. The molecule has 3 nitrogen and oxygen atoms in total. The van der Waals surface area contributed by atoms with Crippen LogP contribution in [-0.4, -0.2) is 20.5 Å². The number of nitrogens with zero attached hydrogens (tertiary/aromatic N) is 3. The van der Waals surface area contributed by atoms with Gasteiger partial charge < -0.3 is 0 Å². The molecule has 0 saturated heterocycles. The zero-order chi connectivity index (χ0) is 10.5. The number of hydrogen-bond donors (Lipinski definition) is 0. The van der Waals surface area contributed by atoms with Crippen LogP contribution in [0.5, 0.6) is 0 Å². The maximum absolute atomic E-state index is 4.34. The van der Waals surface area contributed by atoms with Gasteiger partial charge in [-0.3, -0.25) is 0 Å². The molecule has 0 spiro atoms. The molecule has 4 heteroatoms. The van der Waals surface area contributed by atoms with Crippen LogP contribution >= 0.6 is 11.8 Å². The van der Waals surface area contributed by atoms with E-state index in [0.29, 0.717) is 0 Å². The Labute approximate surface area is 92.8 Å². The van der Waals surface area contributed by atoms with Crippen LogP contribution < -0.4 is 0 Å². The van der Waals surface area contributed by atoms with Crippen molar-refractivity contribution in [2.75, 3.05) is 5.75 Å². The molecule has 1 aromatic heterocycles. The summed E-state index contributed by atoms with van der Waals surface area (Å²) >= 11 is 1.57. The zero-order valence-electron chi connectivity index (χ0n) is 8.21. The van der Waals surface area contributed by atoms with E-state index in [-0.39, 0.29) is 0 Å². The minimum absolute atomic E-state index is 0.777. The number of benzene rings is 1. The van der Waals surface area contributed by atoms with E-state index in [9.17, 15) is 0 Å². The first-order valence-corrected chi connectivity index (χ1v) is 5.59. The van der Waals surface area contributed by atoms with Gasteiger partial charge in [0.1, 0.15) is 6.33 Å². The summed E-state index contributed by atoms with van der Waals surface area (Å²) in [5.74, 6) is 0.832. The quantitative estimate of drug-likeness (QED) is 0.582. The number of hydrogen-bond acceptors (Lipinski definition) is 3. The molecule has 1 aromatic carbocycles. The lowest BCUT2D eigenvalue weighted by molar-refractivity contribution is 0.835. The van der Waals surface area contributed by atoms with Crippen LogP contribution in [0.2, 0.25) is 0 Å². The van der Waals surface area contributed by atoms with E-state index in [1.54, 1.807) is 22.8 Å². The van der Waals surface area contributed by atoms with Crippen molar-refractivity contribution in [3.63, 3.8) is 0 Å². The minimum Gasteiger partial charge on any atom is -0.220 e. The fourth-order valence-electron chi connectivity index (χ4n) is 1.15. The number of aromatic nitrogens is 3. The fraction of sp³-hybridized carbons (Fsp3) is 0.0909. The van der Waals surface area contributed by atoms with Crippen LogP contribution in [-0.2, 0) is 0 Å². The Kier molecular flexibility index (Phi) is 3.19. The van der Waals surface area contributed by atoms with Gasteiger partial charge in [0.05, 0.1) is 5.69 Å². The van der Waals surface area contributed by atoms with E-state index in [1.807, 2.05) is 36.4 Å². The Bertz CT molecular complexity index is 436. The Morgan fingerprint density at radius 3 is 2.87 bits per heavy atom. The van der Waals surface area contributed by atoms with Gasteiger partial charge in [-0.2, -0.15) is 0 Å². The van der Waals surface area contributed by atoms with Crippen molar-refractivity contribution in [3.05, 3.63) is 49.3 Å². The molecule has 0 aliphatic rings. The predicted octanol–water partition coefficient (Wildman–Crippen LogP) is 2.55. The highest BCUT2D eigenvalue weighted by molar-refractivity contribution is 7.99. The van der Waals surface area contributed by atoms with Crippen molar-refractivity contribution in [3.8, 4) is 5.69 Å². The molecule has 0 aliphatic carbocycles. The largest absolute Gasteiger partial charge is 0.220 e. The highest BCUT2D eigenvalue weighted by Crippen LogP contribution is 2.13. The molecule has 0 fully saturated rings. The molecule has 0 aliphatic heterocycles. The summed E-state index contributed by atoms with van der Waals surface area (Å²) in [7, 11) is 0. The molecule has 0 amide bonds. The number of rotatable bonds is 4. The van der Waals surface area contributed by atoms with Gasteiger partial charge in [0.25, 0.3) is 0 Å². The van der Waals surface area contributed by atoms with Crippen LogP contribution in [0.3, 0.4) is 0 Å². The van der Waals surface area contributed by atoms with Gasteiger partial charge in [-0.25, -0.2) is 9.67 Å². The van der Waals surface area contributed by atoms with Crippen LogP contribution in [0.4, 0.5) is 0 Å². The molecule has 15 heavy (non-hydrogen) atoms. The number of thioether (sulfide) groups is 1. The van der Waals surface area contributed by atoms with Gasteiger partial charge in [0.15, 0.2) is 0 Å². The van der Waals surface area contributed by atoms with E-state index in [0.717, 1.165) is 16.6 Å². The topological polar surface area (TPSA) is 30.7 Å². The summed E-state index contributed by atoms with van der Waals surface area (Å²) in [5.41, 5.74) is 1.02. The average molecular weight is 217 g/mol. The van der Waals surface area contributed by atoms with Gasteiger partial charge in [0.2, 0.25) is 5.16 Å². The zero-order valence-corrected chi connectivity index (χ0v) is 9.02. The van der Waals surface area contributed by atoms with Crippen molar-refractivity contribution in [2.24, 2.45) is 0 Å². The molecule has 0 saturated carbocycles. The summed E-state index contributed by atoms with van der Waals surface area (Å²) < 4.78 is 1.77. The third kappa shape index (κ3) is 2.47. The summed E-state index contributed by atoms with van der Waals surface area (Å²) in [6, 6.07) is 9.93. The van der Waals surface area contributed by atoms with Gasteiger partial charge in [-0.15, -0.1) is 11.7 Å². The number of para-hydroxylation sites is 1. The molecule has 2 rings (SSSR count). The fourth-order valence-corrected chi connectivity index (χ4v) is 1.69. The van der Waals surface area contributed by atoms with Crippen LogP contribution in [0.1, 0.15) is 0 Å². The normalized spacial score (nSPS) is 10.1. The second-order valence-electron chi connectivity index (χ2n) is 2.91. The van der Waals surface area contributed by atoms with E-state index >= 15 is 0 Å². The van der Waals surface area contributed by atoms with E-state index in [4.69, 9.17) is 0 Å². The van der Waals surface area contributed by atoms with E-state index < -0.39 is 0 Å². The van der Waals surface area contributed by atoms with Crippen LogP contribution in [0, 0.1) is 0 Å². The SMILES string of the molecule is C=CCSc1ncn(-c2ccccc2)n1. The third-order valence-electron chi connectivity index (χ3n) is 1.82. The van der Waals surface area contributed by atoms with Crippen molar-refractivity contribution in [1.82, 2.24) is 14.8 Å². The van der Waals surface area contributed by atoms with E-state index in [1.165, 1.54) is 0 Å². The monoisotopic (exact) mass is 217 g/mol. The van der Waals surface area contributed by atoms with E-state index in [2.05, 4.69) is 16.7 Å². The van der Waals surface area contributed by atoms with Gasteiger partial charge >= 0.3 is 0 Å². The smallest absolute Gasteiger partial charge is 0.209 e. The lowest BCUT2D eigenvalue weighted by Crippen LogP contribution is -1.93. The lowest BCUT2D eigenvalue weighted by atomic mass is 10.3. The molecule has 76 valence electrons. The lowest BCUT2D eigenvalue weighted by Gasteiger charge is -1.97. The highest BCUT2D eigenvalue weighted by Gasteiger charge is 2.01. The van der Waals surface area contributed by atoms with Crippen LogP contribution in [0.25, 0.3) is 5.69 Å². The van der Waals surface area contributed by atoms with Gasteiger partial charge in [0, 0.05) is 5.75 Å². The second-order valence-corrected chi connectivity index (χ2v) is 3.89. The summed E-state index contributed by atoms with van der Waals surface area (Å²) in [6.45, 7) is 3.66. The molecule has 0 unspecified atom stereocenters. The molecule has 0 radical (unpaired) electrons. The Hall–Kier alpha value is -1.55. The third-order valence-corrected chi connectivity index (χ3v) is 2.67. The first kappa shape index (κ1) is 9.98. The second kappa shape index (κ2) is 4.79. The summed E-state index contributed by atoms with van der Waals surface area (Å²) in [4.78, 5) is 4.20. The first-order chi connectivity index (χ1) is 7.40. The predicted molar refractivity (Wildman–Crippen MR) is 62.3 cm³/mol. The Morgan fingerprint density at radius 2 is 2.13 bits per heavy atom. The van der Waals surface area contributed by atoms with Gasteiger partial charge in [-0.1, -0.05) is 36.0 Å². The molecule has 0 atom stereocenters. The standard InChI is InChI=1S/C11H11N3S/c1-2-8-15-11-12-9-14(13-11)10-6-4-3-5-7-10/h2-7,9H,1,8H2. The Morgan fingerprint density at radius 1 is 1.33 bits per heavy atom. The maximum Gasteiger partial charge on any atom is 0.209 e. The van der Waals surface area contributed by atoms with Crippen molar-refractivity contribution in [2.45, 2.75) is 5.16 Å². The summed E-state index contributed by atoms with van der Waals surface area (Å²) in [6.07, 6.45) is 3.56. The summed E-state index contributed by atoms with van der Waals surface area (Å²) in [5, 5.41) is 5.12. The van der Waals surface area contributed by atoms with Crippen molar-refractivity contribution in [1.29, 1.82) is 0 Å². The highest BCUT2D eigenvalue weighted by atomic mass is 32.2. The van der Waals surface area contributed by atoms with Crippen LogP contribution in [0.15, 0.2) is 54.5 Å². The first-order valence-electron chi connectivity index (χ1n) is 4.61. The molecule has 2 aromatic rings. The van der Waals surface area contributed by atoms with Crippen molar-refractivity contribution < 1.29 is 0 Å². The average Bonchev–Trinajstić information content (AvgIpc) is 2.76. The molecule has 0 N–H and O–H groups in total. The molecule has 0 bridgehead atoms. The maximum atomic E-state index is 4.34. The molecular formula is C11H11N3S. The Balaban J connectivity index is 2.17. The minimum atomic E-state index is 0.777. The molecular weight excluding hydrogens is 206 g/mol. The van der Waals surface area contributed by atoms with Crippen molar-refractivity contribution >= 4 is 11.8 Å². The van der Waals surface area contributed by atoms with Gasteiger partial charge in [-0.05, 0) is 12.1 Å².